The molecular weight excluding hydrogens is 877 g/mol. The average Bonchev–Trinajstić information content (AvgIpc) is 3.96. The molecule has 0 saturated heterocycles. The van der Waals surface area contributed by atoms with E-state index in [1.165, 1.54) is 5.56 Å². The molecule has 0 bridgehead atoms. The van der Waals surface area contributed by atoms with Gasteiger partial charge in [0.2, 0.25) is 0 Å². The first-order chi connectivity index (χ1) is 35.7. The highest BCUT2D eigenvalue weighted by atomic mass is 16.5. The van der Waals surface area contributed by atoms with Crippen molar-refractivity contribution in [2.45, 2.75) is 92.1 Å². The van der Waals surface area contributed by atoms with E-state index in [4.69, 9.17) is 13.8 Å². The van der Waals surface area contributed by atoms with Gasteiger partial charge in [-0.05, 0) is 128 Å². The molecule has 8 aromatic carbocycles. The highest BCUT2D eigenvalue weighted by Crippen LogP contribution is 2.47. The molecule has 12 rings (SSSR count). The van der Waals surface area contributed by atoms with E-state index in [0.717, 1.165) is 110 Å². The van der Waals surface area contributed by atoms with Crippen molar-refractivity contribution in [2.75, 3.05) is 4.90 Å². The van der Waals surface area contributed by atoms with Crippen LogP contribution in [-0.2, 0) is 22.9 Å². The SMILES string of the molecule is [2H]C([2H])([2H])c1cc(-c2cc(C(C)(C)C)cc3c4ccccc4c4ccccc4c4cccc5c4n(c23)CN5c2cccc(Oc3ccc4c5ccccc5n(-c5cc(C(C)(C)C)ccn5)c4c3)c2)cc(C(C)(C)C)c1. The number of pyridine rings is 1. The molecule has 5 nitrogen and oxygen atoms in total. The predicted octanol–water partition coefficient (Wildman–Crippen LogP) is 18.5. The minimum Gasteiger partial charge on any atom is -0.457 e. The van der Waals surface area contributed by atoms with Crippen molar-refractivity contribution < 1.29 is 8.85 Å². The quantitative estimate of drug-likeness (QED) is 0.172. The highest BCUT2D eigenvalue weighted by molar-refractivity contribution is 6.22. The number of benzene rings is 8. The number of rotatable bonds is 5. The van der Waals surface area contributed by atoms with Crippen LogP contribution in [0.25, 0.3) is 82.1 Å². The Morgan fingerprint density at radius 2 is 1.08 bits per heavy atom. The third-order valence-electron chi connectivity index (χ3n) is 14.8. The first-order valence-electron chi connectivity index (χ1n) is 26.7. The molecular formula is C67H62N4O. The largest absolute Gasteiger partial charge is 0.457 e. The van der Waals surface area contributed by atoms with E-state index in [0.29, 0.717) is 18.0 Å². The van der Waals surface area contributed by atoms with Gasteiger partial charge in [0.1, 0.15) is 24.0 Å². The average molecular weight is 942 g/mol. The van der Waals surface area contributed by atoms with E-state index in [-0.39, 0.29) is 16.2 Å². The molecule has 1 aliphatic rings. The van der Waals surface area contributed by atoms with Gasteiger partial charge in [-0.15, -0.1) is 0 Å². The number of aromatic nitrogens is 3. The van der Waals surface area contributed by atoms with Crippen molar-refractivity contribution in [1.29, 1.82) is 0 Å². The summed E-state index contributed by atoms with van der Waals surface area (Å²) in [6, 6.07) is 62.5. The van der Waals surface area contributed by atoms with Crippen LogP contribution in [0.1, 0.15) is 88.7 Å². The van der Waals surface area contributed by atoms with Gasteiger partial charge in [0.15, 0.2) is 0 Å². The lowest BCUT2D eigenvalue weighted by Crippen LogP contribution is -2.16. The number of anilines is 2. The number of hydrogen-bond donors (Lipinski definition) is 0. The van der Waals surface area contributed by atoms with Gasteiger partial charge in [-0.1, -0.05) is 171 Å². The summed E-state index contributed by atoms with van der Waals surface area (Å²) < 4.78 is 37.9. The van der Waals surface area contributed by atoms with Crippen LogP contribution in [0.15, 0.2) is 182 Å². The summed E-state index contributed by atoms with van der Waals surface area (Å²) in [6.07, 6.45) is 1.91. The minimum absolute atomic E-state index is 0.0411. The van der Waals surface area contributed by atoms with Crippen LogP contribution in [0.5, 0.6) is 11.5 Å². The third kappa shape index (κ3) is 7.65. The second kappa shape index (κ2) is 16.6. The molecule has 4 heterocycles. The summed E-state index contributed by atoms with van der Waals surface area (Å²) in [5, 5.41) is 9.05. The van der Waals surface area contributed by atoms with Crippen LogP contribution < -0.4 is 9.64 Å². The number of ether oxygens (including phenoxy) is 1. The Hall–Kier alpha value is -7.89. The normalized spacial score (nSPS) is 13.8. The molecule has 0 N–H and O–H groups in total. The van der Waals surface area contributed by atoms with Crippen molar-refractivity contribution in [3.05, 3.63) is 204 Å². The number of nitrogens with zero attached hydrogens (tertiary/aromatic N) is 4. The lowest BCUT2D eigenvalue weighted by molar-refractivity contribution is 0.483. The minimum atomic E-state index is -2.31. The van der Waals surface area contributed by atoms with Gasteiger partial charge in [0.05, 0.1) is 27.8 Å². The maximum absolute atomic E-state index is 8.75. The molecule has 11 aromatic rings. The Kier molecular flexibility index (Phi) is 9.65. The van der Waals surface area contributed by atoms with E-state index < -0.39 is 6.85 Å². The molecule has 0 saturated carbocycles. The van der Waals surface area contributed by atoms with Crippen LogP contribution in [0, 0.1) is 6.85 Å². The first kappa shape index (κ1) is 41.9. The molecule has 0 unspecified atom stereocenters. The van der Waals surface area contributed by atoms with E-state index in [9.17, 15) is 0 Å². The van der Waals surface area contributed by atoms with E-state index in [1.54, 1.807) is 0 Å². The molecule has 0 amide bonds. The number of hydrogen-bond acceptors (Lipinski definition) is 3. The molecule has 0 fully saturated rings. The predicted molar refractivity (Wildman–Crippen MR) is 306 cm³/mol. The lowest BCUT2D eigenvalue weighted by Gasteiger charge is -2.25. The van der Waals surface area contributed by atoms with Gasteiger partial charge in [-0.25, -0.2) is 4.98 Å². The van der Waals surface area contributed by atoms with Gasteiger partial charge in [0.25, 0.3) is 0 Å². The van der Waals surface area contributed by atoms with Crippen LogP contribution in [0.4, 0.5) is 11.4 Å². The molecule has 3 aromatic heterocycles. The van der Waals surface area contributed by atoms with Crippen LogP contribution in [-0.4, -0.2) is 14.1 Å². The number of para-hydroxylation sites is 2. The summed E-state index contributed by atoms with van der Waals surface area (Å²) in [7, 11) is 0. The van der Waals surface area contributed by atoms with Gasteiger partial charge in [-0.3, -0.25) is 4.57 Å². The Labute approximate surface area is 427 Å². The van der Waals surface area contributed by atoms with E-state index in [2.05, 4.69) is 234 Å². The van der Waals surface area contributed by atoms with E-state index in [1.807, 2.05) is 24.4 Å². The molecule has 72 heavy (non-hydrogen) atoms. The Morgan fingerprint density at radius 1 is 0.472 bits per heavy atom. The van der Waals surface area contributed by atoms with Gasteiger partial charge in [-0.2, -0.15) is 0 Å². The van der Waals surface area contributed by atoms with Crippen molar-refractivity contribution in [1.82, 2.24) is 14.1 Å². The van der Waals surface area contributed by atoms with Crippen molar-refractivity contribution in [3.63, 3.8) is 0 Å². The maximum atomic E-state index is 8.75. The monoisotopic (exact) mass is 942 g/mol. The number of fused-ring (bicyclic) bond motifs is 10. The fraction of sp³-hybridized carbons (Fsp3) is 0.209. The highest BCUT2D eigenvalue weighted by Gasteiger charge is 2.28. The Balaban J connectivity index is 1.09. The standard InChI is InChI=1S/C67H62N4O/c1-42-33-43(35-45(34-42)66(5,6)7)57-36-46(67(8,9)10)37-58-53-24-14-12-22-51(53)50-21-11-13-23-52(50)56-26-18-28-60-64(56)70(63(57)58)41-69(60)47-19-17-20-48(39-47)72-49-29-30-55-54-25-15-16-27-59(54)71(61(55)40-49)62-38-44(31-32-68-62)65(2,3)4/h11-40H,41H2,1-10H3/i1D3. The van der Waals surface area contributed by atoms with Gasteiger partial charge < -0.3 is 14.2 Å². The fourth-order valence-electron chi connectivity index (χ4n) is 11.0. The van der Waals surface area contributed by atoms with Gasteiger partial charge in [0, 0.05) is 55.2 Å². The smallest absolute Gasteiger partial charge is 0.137 e. The fourth-order valence-corrected chi connectivity index (χ4v) is 11.0. The molecule has 0 radical (unpaired) electrons. The van der Waals surface area contributed by atoms with Crippen molar-refractivity contribution >= 4 is 76.5 Å². The summed E-state index contributed by atoms with van der Waals surface area (Å²) >= 11 is 0. The van der Waals surface area contributed by atoms with Crippen molar-refractivity contribution in [2.24, 2.45) is 0 Å². The molecule has 356 valence electrons. The zero-order valence-electron chi connectivity index (χ0n) is 45.7. The summed E-state index contributed by atoms with van der Waals surface area (Å²) in [4.78, 5) is 7.31. The topological polar surface area (TPSA) is 35.2 Å². The van der Waals surface area contributed by atoms with E-state index >= 15 is 0 Å². The molecule has 5 heteroatoms. The second-order valence-electron chi connectivity index (χ2n) is 22.8. The number of aryl methyl sites for hydroxylation is 1. The zero-order valence-corrected chi connectivity index (χ0v) is 42.7. The van der Waals surface area contributed by atoms with Gasteiger partial charge >= 0.3 is 0 Å². The Bertz CT molecular complexity index is 4160. The van der Waals surface area contributed by atoms with Crippen molar-refractivity contribution in [3.8, 4) is 28.4 Å². The summed E-state index contributed by atoms with van der Waals surface area (Å²) in [5.41, 5.74) is 11.2. The zero-order chi connectivity index (χ0) is 52.3. The second-order valence-corrected chi connectivity index (χ2v) is 22.8. The maximum Gasteiger partial charge on any atom is 0.137 e. The molecule has 0 spiro atoms. The summed E-state index contributed by atoms with van der Waals surface area (Å²) in [5.74, 6) is 2.31. The van der Waals surface area contributed by atoms with Crippen LogP contribution >= 0.6 is 0 Å². The Morgan fingerprint density at radius 3 is 1.79 bits per heavy atom. The molecule has 0 aliphatic carbocycles. The van der Waals surface area contributed by atoms with Crippen LogP contribution in [0.3, 0.4) is 0 Å². The molecule has 1 aliphatic heterocycles. The first-order valence-corrected chi connectivity index (χ1v) is 25.2. The summed E-state index contributed by atoms with van der Waals surface area (Å²) in [6.45, 7) is 18.1. The third-order valence-corrected chi connectivity index (χ3v) is 14.8. The van der Waals surface area contributed by atoms with Crippen LogP contribution in [0.2, 0.25) is 0 Å². The lowest BCUT2D eigenvalue weighted by atomic mass is 9.81. The molecule has 0 atom stereocenters.